The molecule has 0 bridgehead atoms. The zero-order valence-corrected chi connectivity index (χ0v) is 16.4. The van der Waals surface area contributed by atoms with Crippen LogP contribution in [0, 0.1) is 5.82 Å². The molecule has 0 aliphatic heterocycles. The van der Waals surface area contributed by atoms with E-state index in [1.807, 2.05) is 12.3 Å². The highest BCUT2D eigenvalue weighted by Gasteiger charge is 2.15. The van der Waals surface area contributed by atoms with Crippen LogP contribution in [0.3, 0.4) is 0 Å². The fraction of sp³-hybridized carbons (Fsp3) is 0.500. The van der Waals surface area contributed by atoms with Crippen LogP contribution in [0.15, 0.2) is 29.4 Å². The molecule has 3 rings (SSSR count). The lowest BCUT2D eigenvalue weighted by molar-refractivity contribution is 0.614. The first kappa shape index (κ1) is 19.0. The van der Waals surface area contributed by atoms with Crippen LogP contribution in [0.5, 0.6) is 0 Å². The number of hydrogen-bond donors (Lipinski definition) is 3. The van der Waals surface area contributed by atoms with Gasteiger partial charge in [-0.15, -0.1) is 24.0 Å². The van der Waals surface area contributed by atoms with Gasteiger partial charge in [-0.05, 0) is 49.9 Å². The zero-order chi connectivity index (χ0) is 16.1. The monoisotopic (exact) mass is 444 g/mol. The number of nitrogens with zero attached hydrogens (tertiary/aromatic N) is 1. The SMILES string of the molecule is CCNC(=NCCc1c[nH]c2cc(F)ccc12)NC1CCCC1.I. The lowest BCUT2D eigenvalue weighted by Gasteiger charge is -2.16. The van der Waals surface area contributed by atoms with E-state index in [1.165, 1.54) is 43.4 Å². The standard InChI is InChI=1S/C18H25FN4.HI/c1-2-20-18(23-15-5-3-4-6-15)21-10-9-13-12-22-17-11-14(19)7-8-16(13)17;/h7-8,11-12,15,22H,2-6,9-10H2,1H3,(H2,20,21,23);1H. The molecule has 0 spiro atoms. The Hall–Kier alpha value is -1.31. The summed E-state index contributed by atoms with van der Waals surface area (Å²) in [5.74, 6) is 0.699. The van der Waals surface area contributed by atoms with Crippen molar-refractivity contribution in [3.05, 3.63) is 35.8 Å². The van der Waals surface area contributed by atoms with Gasteiger partial charge in [-0.25, -0.2) is 4.39 Å². The van der Waals surface area contributed by atoms with Gasteiger partial charge in [-0.1, -0.05) is 12.8 Å². The molecule has 2 aromatic rings. The third-order valence-electron chi connectivity index (χ3n) is 4.42. The third-order valence-corrected chi connectivity index (χ3v) is 4.42. The van der Waals surface area contributed by atoms with Gasteiger partial charge < -0.3 is 15.6 Å². The van der Waals surface area contributed by atoms with Crippen LogP contribution in [0.1, 0.15) is 38.2 Å². The number of rotatable bonds is 5. The minimum Gasteiger partial charge on any atom is -0.361 e. The predicted molar refractivity (Wildman–Crippen MR) is 109 cm³/mol. The van der Waals surface area contributed by atoms with E-state index in [2.05, 4.69) is 27.5 Å². The Morgan fingerprint density at radius 3 is 2.88 bits per heavy atom. The van der Waals surface area contributed by atoms with Gasteiger partial charge in [0.25, 0.3) is 0 Å². The summed E-state index contributed by atoms with van der Waals surface area (Å²) in [6.45, 7) is 3.66. The van der Waals surface area contributed by atoms with Gasteiger partial charge in [0.1, 0.15) is 5.82 Å². The Bertz CT molecular complexity index is 677. The molecule has 24 heavy (non-hydrogen) atoms. The minimum atomic E-state index is -0.209. The number of aliphatic imine (C=N–C) groups is 1. The number of hydrogen-bond acceptors (Lipinski definition) is 1. The van der Waals surface area contributed by atoms with Gasteiger partial charge in [0, 0.05) is 36.2 Å². The molecule has 1 aliphatic rings. The second-order valence-electron chi connectivity index (χ2n) is 6.14. The molecule has 132 valence electrons. The Labute approximate surface area is 159 Å². The maximum Gasteiger partial charge on any atom is 0.191 e. The van der Waals surface area contributed by atoms with Crippen LogP contribution in [-0.2, 0) is 6.42 Å². The maximum absolute atomic E-state index is 13.2. The average molecular weight is 444 g/mol. The molecular formula is C18H26FIN4. The van der Waals surface area contributed by atoms with E-state index < -0.39 is 0 Å². The summed E-state index contributed by atoms with van der Waals surface area (Å²) in [4.78, 5) is 7.81. The van der Waals surface area contributed by atoms with Crippen molar-refractivity contribution in [1.82, 2.24) is 15.6 Å². The quantitative estimate of drug-likeness (QED) is 0.372. The zero-order valence-electron chi connectivity index (χ0n) is 14.1. The lowest BCUT2D eigenvalue weighted by Crippen LogP contribution is -2.42. The first-order chi connectivity index (χ1) is 11.3. The minimum absolute atomic E-state index is 0. The first-order valence-corrected chi connectivity index (χ1v) is 8.56. The van der Waals surface area contributed by atoms with E-state index >= 15 is 0 Å². The number of fused-ring (bicyclic) bond motifs is 1. The van der Waals surface area contributed by atoms with Crippen molar-refractivity contribution >= 4 is 40.8 Å². The highest BCUT2D eigenvalue weighted by Crippen LogP contribution is 2.20. The molecule has 6 heteroatoms. The summed E-state index contributed by atoms with van der Waals surface area (Å²) >= 11 is 0. The molecule has 1 saturated carbocycles. The molecule has 3 N–H and O–H groups in total. The number of H-pyrrole nitrogens is 1. The second-order valence-corrected chi connectivity index (χ2v) is 6.14. The van der Waals surface area contributed by atoms with Crippen LogP contribution in [-0.4, -0.2) is 30.1 Å². The summed E-state index contributed by atoms with van der Waals surface area (Å²) in [6.07, 6.45) is 7.88. The number of benzene rings is 1. The summed E-state index contributed by atoms with van der Waals surface area (Å²) in [5.41, 5.74) is 2.03. The fourth-order valence-corrected chi connectivity index (χ4v) is 3.24. The van der Waals surface area contributed by atoms with Crippen molar-refractivity contribution in [2.45, 2.75) is 45.1 Å². The van der Waals surface area contributed by atoms with Gasteiger partial charge in [0.05, 0.1) is 0 Å². The van der Waals surface area contributed by atoms with Crippen LogP contribution in [0.4, 0.5) is 4.39 Å². The Morgan fingerprint density at radius 2 is 2.12 bits per heavy atom. The second kappa shape index (κ2) is 9.25. The molecule has 1 heterocycles. The molecular weight excluding hydrogens is 418 g/mol. The Morgan fingerprint density at radius 1 is 1.33 bits per heavy atom. The Balaban J connectivity index is 0.00000208. The van der Waals surface area contributed by atoms with Gasteiger partial charge in [0.15, 0.2) is 5.96 Å². The molecule has 1 aromatic carbocycles. The Kier molecular flexibility index (Phi) is 7.33. The summed E-state index contributed by atoms with van der Waals surface area (Å²) in [7, 11) is 0. The largest absolute Gasteiger partial charge is 0.361 e. The van der Waals surface area contributed by atoms with Crippen molar-refractivity contribution < 1.29 is 4.39 Å². The van der Waals surface area contributed by atoms with Crippen LogP contribution >= 0.6 is 24.0 Å². The highest BCUT2D eigenvalue weighted by atomic mass is 127. The lowest BCUT2D eigenvalue weighted by atomic mass is 10.1. The summed E-state index contributed by atoms with van der Waals surface area (Å²) in [6, 6.07) is 5.44. The van der Waals surface area contributed by atoms with E-state index in [0.717, 1.165) is 29.8 Å². The number of halogens is 2. The molecule has 1 fully saturated rings. The van der Waals surface area contributed by atoms with E-state index in [4.69, 9.17) is 0 Å². The first-order valence-electron chi connectivity index (χ1n) is 8.56. The van der Waals surface area contributed by atoms with Crippen molar-refractivity contribution in [3.8, 4) is 0 Å². The smallest absolute Gasteiger partial charge is 0.191 e. The predicted octanol–water partition coefficient (Wildman–Crippen LogP) is 3.97. The highest BCUT2D eigenvalue weighted by molar-refractivity contribution is 14.0. The van der Waals surface area contributed by atoms with Crippen molar-refractivity contribution in [2.24, 2.45) is 4.99 Å². The van der Waals surface area contributed by atoms with Gasteiger partial charge in [-0.3, -0.25) is 4.99 Å². The number of guanidine groups is 1. The molecule has 0 atom stereocenters. The van der Waals surface area contributed by atoms with E-state index in [9.17, 15) is 4.39 Å². The molecule has 4 nitrogen and oxygen atoms in total. The van der Waals surface area contributed by atoms with Crippen LogP contribution in [0.25, 0.3) is 10.9 Å². The van der Waals surface area contributed by atoms with Gasteiger partial charge >= 0.3 is 0 Å². The molecule has 1 aromatic heterocycles. The summed E-state index contributed by atoms with van der Waals surface area (Å²) < 4.78 is 13.2. The average Bonchev–Trinajstić information content (AvgIpc) is 3.17. The number of aromatic nitrogens is 1. The number of aromatic amines is 1. The molecule has 0 saturated heterocycles. The van der Waals surface area contributed by atoms with Gasteiger partial charge in [-0.2, -0.15) is 0 Å². The molecule has 0 radical (unpaired) electrons. The van der Waals surface area contributed by atoms with E-state index in [-0.39, 0.29) is 29.8 Å². The van der Waals surface area contributed by atoms with E-state index in [1.54, 1.807) is 0 Å². The normalized spacial score (nSPS) is 15.5. The van der Waals surface area contributed by atoms with Gasteiger partial charge in [0.2, 0.25) is 0 Å². The molecule has 0 unspecified atom stereocenters. The third kappa shape index (κ3) is 4.84. The molecule has 1 aliphatic carbocycles. The molecule has 0 amide bonds. The van der Waals surface area contributed by atoms with Crippen molar-refractivity contribution in [2.75, 3.05) is 13.1 Å². The fourth-order valence-electron chi connectivity index (χ4n) is 3.24. The number of nitrogens with one attached hydrogen (secondary N) is 3. The van der Waals surface area contributed by atoms with Crippen molar-refractivity contribution in [1.29, 1.82) is 0 Å². The van der Waals surface area contributed by atoms with E-state index in [0.29, 0.717) is 12.6 Å². The van der Waals surface area contributed by atoms with Crippen LogP contribution in [0.2, 0.25) is 0 Å². The summed E-state index contributed by atoms with van der Waals surface area (Å²) in [5, 5.41) is 7.92. The van der Waals surface area contributed by atoms with Crippen LogP contribution < -0.4 is 10.6 Å². The van der Waals surface area contributed by atoms with Crippen molar-refractivity contribution in [3.63, 3.8) is 0 Å². The maximum atomic E-state index is 13.2. The topological polar surface area (TPSA) is 52.2 Å².